The van der Waals surface area contributed by atoms with Gasteiger partial charge >= 0.3 is 0 Å². The van der Waals surface area contributed by atoms with Gasteiger partial charge in [-0.05, 0) is 32.9 Å². The van der Waals surface area contributed by atoms with Crippen molar-refractivity contribution in [1.29, 1.82) is 0 Å². The summed E-state index contributed by atoms with van der Waals surface area (Å²) in [6.07, 6.45) is 3.89. The van der Waals surface area contributed by atoms with Crippen molar-refractivity contribution in [2.24, 2.45) is 0 Å². The van der Waals surface area contributed by atoms with Crippen LogP contribution < -0.4 is 10.0 Å². The molecule has 0 aliphatic carbocycles. The standard InChI is InChI=1S/C11H22N4O2S/c1-10(2)15-8-5-11(14-15)9-12-6-4-7-13-18(3,16)17/h5,8,10,12-13H,4,6-7,9H2,1-3H3. The highest BCUT2D eigenvalue weighted by Gasteiger charge is 2.02. The minimum Gasteiger partial charge on any atom is -0.311 e. The van der Waals surface area contributed by atoms with Crippen molar-refractivity contribution in [2.45, 2.75) is 32.9 Å². The second-order valence-electron chi connectivity index (χ2n) is 4.58. The van der Waals surface area contributed by atoms with Crippen LogP contribution >= 0.6 is 0 Å². The third kappa shape index (κ3) is 6.13. The molecule has 0 radical (unpaired) electrons. The highest BCUT2D eigenvalue weighted by Crippen LogP contribution is 2.03. The molecule has 0 aliphatic heterocycles. The van der Waals surface area contributed by atoms with Crippen LogP contribution in [0.4, 0.5) is 0 Å². The van der Waals surface area contributed by atoms with E-state index in [0.717, 1.165) is 18.7 Å². The van der Waals surface area contributed by atoms with Crippen LogP contribution in [0.25, 0.3) is 0 Å². The van der Waals surface area contributed by atoms with Gasteiger partial charge in [0.15, 0.2) is 0 Å². The Morgan fingerprint density at radius 1 is 1.39 bits per heavy atom. The molecule has 6 nitrogen and oxygen atoms in total. The molecule has 18 heavy (non-hydrogen) atoms. The van der Waals surface area contributed by atoms with E-state index < -0.39 is 10.0 Å². The Bertz CT molecular complexity index is 453. The van der Waals surface area contributed by atoms with Gasteiger partial charge in [0.05, 0.1) is 11.9 Å². The minimum atomic E-state index is -3.06. The molecule has 0 atom stereocenters. The van der Waals surface area contributed by atoms with Gasteiger partial charge in [-0.3, -0.25) is 4.68 Å². The minimum absolute atomic E-state index is 0.373. The Labute approximate surface area is 109 Å². The number of aromatic nitrogens is 2. The Hall–Kier alpha value is -0.920. The molecule has 1 rings (SSSR count). The van der Waals surface area contributed by atoms with Gasteiger partial charge in [0.1, 0.15) is 0 Å². The summed E-state index contributed by atoms with van der Waals surface area (Å²) in [6, 6.07) is 2.36. The van der Waals surface area contributed by atoms with E-state index in [9.17, 15) is 8.42 Å². The highest BCUT2D eigenvalue weighted by molar-refractivity contribution is 7.88. The molecule has 0 amide bonds. The van der Waals surface area contributed by atoms with Gasteiger partial charge in [-0.2, -0.15) is 5.10 Å². The van der Waals surface area contributed by atoms with Gasteiger partial charge in [0.2, 0.25) is 10.0 Å². The lowest BCUT2D eigenvalue weighted by Gasteiger charge is -2.05. The fraction of sp³-hybridized carbons (Fsp3) is 0.727. The Kier molecular flexibility index (Phi) is 5.77. The van der Waals surface area contributed by atoms with Crippen molar-refractivity contribution in [3.8, 4) is 0 Å². The predicted molar refractivity (Wildman–Crippen MR) is 71.8 cm³/mol. The number of nitrogens with one attached hydrogen (secondary N) is 2. The first-order valence-electron chi connectivity index (χ1n) is 6.08. The summed E-state index contributed by atoms with van der Waals surface area (Å²) in [5, 5.41) is 7.64. The summed E-state index contributed by atoms with van der Waals surface area (Å²) in [5.74, 6) is 0. The molecule has 0 aromatic carbocycles. The van der Waals surface area contributed by atoms with Crippen molar-refractivity contribution in [3.05, 3.63) is 18.0 Å². The summed E-state index contributed by atoms with van der Waals surface area (Å²) in [5.41, 5.74) is 1.000. The van der Waals surface area contributed by atoms with E-state index in [1.165, 1.54) is 6.26 Å². The number of hydrogen-bond donors (Lipinski definition) is 2. The largest absolute Gasteiger partial charge is 0.311 e. The summed E-state index contributed by atoms with van der Waals surface area (Å²) in [6.45, 7) is 6.10. The molecule has 0 fully saturated rings. The molecule has 1 aromatic rings. The van der Waals surface area contributed by atoms with Crippen LogP contribution in [0.3, 0.4) is 0 Å². The molecule has 1 aromatic heterocycles. The lowest BCUT2D eigenvalue weighted by atomic mass is 10.4. The lowest BCUT2D eigenvalue weighted by Crippen LogP contribution is -2.26. The zero-order valence-electron chi connectivity index (χ0n) is 11.2. The van der Waals surface area contributed by atoms with Crippen molar-refractivity contribution in [3.63, 3.8) is 0 Å². The third-order valence-corrected chi connectivity index (χ3v) is 3.12. The first-order valence-corrected chi connectivity index (χ1v) is 7.97. The molecule has 1 heterocycles. The van der Waals surface area contributed by atoms with Crippen molar-refractivity contribution < 1.29 is 8.42 Å². The van der Waals surface area contributed by atoms with Crippen LogP contribution in [0.5, 0.6) is 0 Å². The lowest BCUT2D eigenvalue weighted by molar-refractivity contribution is 0.520. The first kappa shape index (κ1) is 15.1. The second-order valence-corrected chi connectivity index (χ2v) is 6.41. The van der Waals surface area contributed by atoms with Crippen LogP contribution in [0.1, 0.15) is 32.0 Å². The number of rotatable bonds is 8. The van der Waals surface area contributed by atoms with Gasteiger partial charge in [0.25, 0.3) is 0 Å². The third-order valence-electron chi connectivity index (χ3n) is 2.39. The average molecular weight is 274 g/mol. The Morgan fingerprint density at radius 2 is 2.11 bits per heavy atom. The SMILES string of the molecule is CC(C)n1ccc(CNCCCNS(C)(=O)=O)n1. The molecular weight excluding hydrogens is 252 g/mol. The number of sulfonamides is 1. The van der Waals surface area contributed by atoms with Crippen molar-refractivity contribution >= 4 is 10.0 Å². The molecule has 0 spiro atoms. The highest BCUT2D eigenvalue weighted by atomic mass is 32.2. The zero-order chi connectivity index (χ0) is 13.6. The van der Waals surface area contributed by atoms with E-state index in [2.05, 4.69) is 29.0 Å². The Morgan fingerprint density at radius 3 is 2.67 bits per heavy atom. The summed E-state index contributed by atoms with van der Waals surface area (Å²) < 4.78 is 26.0. The first-order chi connectivity index (χ1) is 8.38. The summed E-state index contributed by atoms with van der Waals surface area (Å²) >= 11 is 0. The molecular formula is C11H22N4O2S. The molecule has 0 bridgehead atoms. The number of hydrogen-bond acceptors (Lipinski definition) is 4. The molecule has 0 saturated heterocycles. The van der Waals surface area contributed by atoms with Crippen LogP contribution in [0, 0.1) is 0 Å². The Balaban J connectivity index is 2.14. The maximum Gasteiger partial charge on any atom is 0.208 e. The maximum absolute atomic E-state index is 10.8. The van der Waals surface area contributed by atoms with E-state index in [4.69, 9.17) is 0 Å². The van der Waals surface area contributed by atoms with Gasteiger partial charge in [0, 0.05) is 25.3 Å². The van der Waals surface area contributed by atoms with E-state index in [0.29, 0.717) is 19.1 Å². The molecule has 2 N–H and O–H groups in total. The average Bonchev–Trinajstić information content (AvgIpc) is 2.70. The quantitative estimate of drug-likeness (QED) is 0.677. The number of nitrogens with zero attached hydrogens (tertiary/aromatic N) is 2. The molecule has 0 saturated carbocycles. The molecule has 0 unspecified atom stereocenters. The molecule has 0 aliphatic rings. The van der Waals surface area contributed by atoms with Gasteiger partial charge in [-0.15, -0.1) is 0 Å². The van der Waals surface area contributed by atoms with E-state index in [-0.39, 0.29) is 0 Å². The fourth-order valence-electron chi connectivity index (χ4n) is 1.45. The van der Waals surface area contributed by atoms with Gasteiger partial charge in [-0.25, -0.2) is 13.1 Å². The van der Waals surface area contributed by atoms with E-state index >= 15 is 0 Å². The van der Waals surface area contributed by atoms with Crippen LogP contribution in [-0.4, -0.2) is 37.5 Å². The fourth-order valence-corrected chi connectivity index (χ4v) is 1.96. The smallest absolute Gasteiger partial charge is 0.208 e. The molecule has 104 valence electrons. The van der Waals surface area contributed by atoms with Crippen LogP contribution in [0.15, 0.2) is 12.3 Å². The predicted octanol–water partition coefficient (Wildman–Crippen LogP) is 0.493. The maximum atomic E-state index is 10.8. The van der Waals surface area contributed by atoms with Crippen molar-refractivity contribution in [1.82, 2.24) is 19.8 Å². The van der Waals surface area contributed by atoms with E-state index in [1.807, 2.05) is 16.9 Å². The van der Waals surface area contributed by atoms with E-state index in [1.54, 1.807) is 0 Å². The van der Waals surface area contributed by atoms with Crippen molar-refractivity contribution in [2.75, 3.05) is 19.3 Å². The summed E-state index contributed by atoms with van der Waals surface area (Å²) in [4.78, 5) is 0. The topological polar surface area (TPSA) is 76.0 Å². The normalized spacial score (nSPS) is 12.2. The van der Waals surface area contributed by atoms with Crippen LogP contribution in [-0.2, 0) is 16.6 Å². The second kappa shape index (κ2) is 6.86. The monoisotopic (exact) mass is 274 g/mol. The molecule has 7 heteroatoms. The van der Waals surface area contributed by atoms with Crippen LogP contribution in [0.2, 0.25) is 0 Å². The zero-order valence-corrected chi connectivity index (χ0v) is 12.0. The van der Waals surface area contributed by atoms with Gasteiger partial charge in [-0.1, -0.05) is 0 Å². The summed E-state index contributed by atoms with van der Waals surface area (Å²) in [7, 11) is -3.06. The van der Waals surface area contributed by atoms with Gasteiger partial charge < -0.3 is 5.32 Å².